The second kappa shape index (κ2) is 9.56. The smallest absolute Gasteiger partial charge is 0.262 e. The van der Waals surface area contributed by atoms with Crippen molar-refractivity contribution >= 4 is 34.3 Å². The summed E-state index contributed by atoms with van der Waals surface area (Å²) in [5.41, 5.74) is 2.22. The zero-order chi connectivity index (χ0) is 22.7. The predicted octanol–water partition coefficient (Wildman–Crippen LogP) is 4.13. The molecule has 32 heavy (non-hydrogen) atoms. The molecule has 0 fully saturated rings. The van der Waals surface area contributed by atoms with E-state index in [1.54, 1.807) is 34.5 Å². The third kappa shape index (κ3) is 4.41. The van der Waals surface area contributed by atoms with Crippen LogP contribution in [0.15, 0.2) is 58.5 Å². The summed E-state index contributed by atoms with van der Waals surface area (Å²) >= 11 is 1.56. The first-order chi connectivity index (χ1) is 15.5. The zero-order valence-electron chi connectivity index (χ0n) is 18.5. The molecule has 0 aliphatic carbocycles. The van der Waals surface area contributed by atoms with Gasteiger partial charge in [-0.05, 0) is 36.1 Å². The van der Waals surface area contributed by atoms with Gasteiger partial charge in [-0.3, -0.25) is 18.6 Å². The molecule has 0 atom stereocenters. The topological polar surface area (TPSA) is 81.3 Å². The van der Waals surface area contributed by atoms with Crippen LogP contribution in [0, 0.1) is 5.92 Å². The molecule has 0 spiro atoms. The van der Waals surface area contributed by atoms with Gasteiger partial charge in [0, 0.05) is 24.4 Å². The molecule has 2 heterocycles. The van der Waals surface area contributed by atoms with Crippen molar-refractivity contribution in [1.29, 1.82) is 0 Å². The molecule has 8 heteroatoms. The maximum Gasteiger partial charge on any atom is 0.262 e. The molecule has 0 bridgehead atoms. The van der Waals surface area contributed by atoms with Gasteiger partial charge >= 0.3 is 0 Å². The van der Waals surface area contributed by atoms with Crippen molar-refractivity contribution in [2.24, 2.45) is 5.92 Å². The van der Waals surface area contributed by atoms with Crippen LogP contribution in [-0.2, 0) is 12.3 Å². The third-order valence-electron chi connectivity index (χ3n) is 5.16. The molecule has 2 aromatic carbocycles. The Hall–Kier alpha value is -3.13. The normalized spacial score (nSPS) is 11.5. The molecule has 4 aromatic rings. The highest BCUT2D eigenvalue weighted by Gasteiger charge is 2.18. The van der Waals surface area contributed by atoms with Crippen LogP contribution >= 0.6 is 11.8 Å². The molecule has 0 saturated heterocycles. The fraction of sp³-hybridized carbons (Fsp3) is 0.333. The number of carbonyl (C=O) groups excluding carboxylic acids is 1. The van der Waals surface area contributed by atoms with Gasteiger partial charge in [-0.15, -0.1) is 10.2 Å². The number of aryl methyl sites for hydroxylation is 1. The Kier molecular flexibility index (Phi) is 6.60. The molecule has 2 aromatic heterocycles. The highest BCUT2D eigenvalue weighted by molar-refractivity contribution is 7.98. The van der Waals surface area contributed by atoms with Crippen LogP contribution in [0.3, 0.4) is 0 Å². The summed E-state index contributed by atoms with van der Waals surface area (Å²) in [5.74, 6) is 1.42. The van der Waals surface area contributed by atoms with Gasteiger partial charge in [0.2, 0.25) is 5.78 Å². The van der Waals surface area contributed by atoms with E-state index in [9.17, 15) is 9.59 Å². The molecule has 1 N–H and O–H groups in total. The lowest BCUT2D eigenvalue weighted by molar-refractivity contribution is 0.0949. The van der Waals surface area contributed by atoms with E-state index in [-0.39, 0.29) is 11.5 Å². The summed E-state index contributed by atoms with van der Waals surface area (Å²) in [6.07, 6.45) is 0.802. The van der Waals surface area contributed by atoms with E-state index < -0.39 is 0 Å². The quantitative estimate of drug-likeness (QED) is 0.409. The number of hydrogen-bond donors (Lipinski definition) is 1. The van der Waals surface area contributed by atoms with E-state index >= 15 is 0 Å². The van der Waals surface area contributed by atoms with Crippen molar-refractivity contribution in [3.8, 4) is 0 Å². The second-order valence-electron chi connectivity index (χ2n) is 8.18. The number of nitrogens with zero attached hydrogens (tertiary/aromatic N) is 4. The fourth-order valence-corrected chi connectivity index (χ4v) is 4.46. The lowest BCUT2D eigenvalue weighted by Gasteiger charge is -2.12. The summed E-state index contributed by atoms with van der Waals surface area (Å²) in [7, 11) is 0. The number of aromatic nitrogens is 4. The van der Waals surface area contributed by atoms with Crippen molar-refractivity contribution in [3.63, 3.8) is 0 Å². The SMILES string of the molecule is CCCn1c(=O)c2ccc(C(=O)NCC(C)C)cc2n2c(SCc3ccccc3)nnc12. The van der Waals surface area contributed by atoms with E-state index in [0.717, 1.165) is 12.2 Å². The summed E-state index contributed by atoms with van der Waals surface area (Å²) < 4.78 is 3.57. The Morgan fingerprint density at radius 2 is 1.91 bits per heavy atom. The van der Waals surface area contributed by atoms with Gasteiger partial charge in [-0.1, -0.05) is 62.9 Å². The highest BCUT2D eigenvalue weighted by Crippen LogP contribution is 2.25. The van der Waals surface area contributed by atoms with Gasteiger partial charge in [0.15, 0.2) is 5.16 Å². The van der Waals surface area contributed by atoms with Gasteiger partial charge in [0.25, 0.3) is 11.5 Å². The van der Waals surface area contributed by atoms with E-state index in [4.69, 9.17) is 0 Å². The molecule has 0 saturated carbocycles. The average molecular weight is 450 g/mol. The van der Waals surface area contributed by atoms with E-state index in [0.29, 0.717) is 46.4 Å². The van der Waals surface area contributed by atoms with Crippen molar-refractivity contribution in [1.82, 2.24) is 24.5 Å². The summed E-state index contributed by atoms with van der Waals surface area (Å²) in [5, 5.41) is 12.9. The molecular formula is C24H27N5O2S. The monoisotopic (exact) mass is 449 g/mol. The number of fused-ring (bicyclic) bond motifs is 3. The van der Waals surface area contributed by atoms with Gasteiger partial charge in [-0.2, -0.15) is 0 Å². The Morgan fingerprint density at radius 1 is 1.12 bits per heavy atom. The Morgan fingerprint density at radius 3 is 2.62 bits per heavy atom. The second-order valence-corrected chi connectivity index (χ2v) is 9.13. The van der Waals surface area contributed by atoms with Gasteiger partial charge in [-0.25, -0.2) is 0 Å². The number of benzene rings is 2. The van der Waals surface area contributed by atoms with Crippen molar-refractivity contribution in [3.05, 3.63) is 70.0 Å². The molecule has 0 aliphatic heterocycles. The largest absolute Gasteiger partial charge is 0.352 e. The van der Waals surface area contributed by atoms with Gasteiger partial charge in [0.1, 0.15) is 0 Å². The Balaban J connectivity index is 1.83. The fourth-order valence-electron chi connectivity index (χ4n) is 3.56. The molecule has 166 valence electrons. The molecule has 7 nitrogen and oxygen atoms in total. The van der Waals surface area contributed by atoms with Crippen LogP contribution in [0.1, 0.15) is 43.1 Å². The van der Waals surface area contributed by atoms with E-state index in [2.05, 4.69) is 27.6 Å². The van der Waals surface area contributed by atoms with E-state index in [1.165, 1.54) is 5.56 Å². The van der Waals surface area contributed by atoms with Crippen molar-refractivity contribution in [2.45, 2.75) is 44.6 Å². The maximum absolute atomic E-state index is 13.2. The number of carbonyl (C=O) groups is 1. The summed E-state index contributed by atoms with van der Waals surface area (Å²) in [4.78, 5) is 25.9. The predicted molar refractivity (Wildman–Crippen MR) is 128 cm³/mol. The lowest BCUT2D eigenvalue weighted by atomic mass is 10.1. The van der Waals surface area contributed by atoms with Gasteiger partial charge < -0.3 is 5.32 Å². The van der Waals surface area contributed by atoms with Crippen LogP contribution in [0.25, 0.3) is 16.7 Å². The third-order valence-corrected chi connectivity index (χ3v) is 6.16. The van der Waals surface area contributed by atoms with Crippen LogP contribution in [0.5, 0.6) is 0 Å². The van der Waals surface area contributed by atoms with Crippen molar-refractivity contribution in [2.75, 3.05) is 6.54 Å². The number of hydrogen-bond acceptors (Lipinski definition) is 5. The maximum atomic E-state index is 13.2. The Bertz CT molecular complexity index is 1310. The molecule has 4 rings (SSSR count). The number of thioether (sulfide) groups is 1. The first-order valence-electron chi connectivity index (χ1n) is 10.9. The minimum atomic E-state index is -0.155. The number of rotatable bonds is 8. The molecule has 0 radical (unpaired) electrons. The van der Waals surface area contributed by atoms with Gasteiger partial charge in [0.05, 0.1) is 10.9 Å². The molecule has 0 aliphatic rings. The number of nitrogens with one attached hydrogen (secondary N) is 1. The molecule has 0 unspecified atom stereocenters. The Labute approximate surface area is 190 Å². The zero-order valence-corrected chi connectivity index (χ0v) is 19.4. The number of amides is 1. The van der Waals surface area contributed by atoms with Crippen LogP contribution < -0.4 is 10.9 Å². The standard InChI is InChI=1S/C24H27N5O2S/c1-4-12-28-22(31)19-11-10-18(21(30)25-14-16(2)3)13-20(19)29-23(28)26-27-24(29)32-15-17-8-6-5-7-9-17/h5-11,13,16H,4,12,14-15H2,1-3H3,(H,25,30). The minimum Gasteiger partial charge on any atom is -0.352 e. The van der Waals surface area contributed by atoms with Crippen LogP contribution in [-0.4, -0.2) is 31.6 Å². The minimum absolute atomic E-state index is 0.115. The first kappa shape index (κ1) is 22.1. The molecular weight excluding hydrogens is 422 g/mol. The molecule has 1 amide bonds. The summed E-state index contributed by atoms with van der Waals surface area (Å²) in [6, 6.07) is 15.4. The summed E-state index contributed by atoms with van der Waals surface area (Å²) in [6.45, 7) is 7.27. The van der Waals surface area contributed by atoms with Crippen molar-refractivity contribution < 1.29 is 4.79 Å². The first-order valence-corrected chi connectivity index (χ1v) is 11.8. The van der Waals surface area contributed by atoms with Crippen LogP contribution in [0.4, 0.5) is 0 Å². The highest BCUT2D eigenvalue weighted by atomic mass is 32.2. The average Bonchev–Trinajstić information content (AvgIpc) is 3.23. The van der Waals surface area contributed by atoms with E-state index in [1.807, 2.05) is 43.4 Å². The lowest BCUT2D eigenvalue weighted by Crippen LogP contribution is -2.28. The van der Waals surface area contributed by atoms with Crippen LogP contribution in [0.2, 0.25) is 0 Å².